The Hall–Kier alpha value is -1.49. The van der Waals surface area contributed by atoms with Gasteiger partial charge in [0.05, 0.1) is 18.9 Å². The number of morpholine rings is 1. The Balaban J connectivity index is 2.44. The summed E-state index contributed by atoms with van der Waals surface area (Å²) in [4.78, 5) is 2.19. The predicted molar refractivity (Wildman–Crippen MR) is 69.2 cm³/mol. The van der Waals surface area contributed by atoms with Gasteiger partial charge in [-0.05, 0) is 6.07 Å². The number of nitrogens with one attached hydrogen (secondary N) is 1. The zero-order valence-electron chi connectivity index (χ0n) is 11.2. The first-order valence-electron chi connectivity index (χ1n) is 6.24. The quantitative estimate of drug-likeness (QED) is 0.740. The van der Waals surface area contributed by atoms with E-state index in [4.69, 9.17) is 10.1 Å². The van der Waals surface area contributed by atoms with Crippen LogP contribution in [0.25, 0.3) is 0 Å². The average molecular weight is 251 g/mol. The molecule has 0 atom stereocenters. The van der Waals surface area contributed by atoms with Gasteiger partial charge in [0.15, 0.2) is 5.49 Å². The van der Waals surface area contributed by atoms with Gasteiger partial charge in [-0.1, -0.05) is 20.8 Å². The molecular weight excluding hydrogens is 230 g/mol. The largest absolute Gasteiger partial charge is 0.427 e. The van der Waals surface area contributed by atoms with Crippen molar-refractivity contribution in [3.8, 4) is 0 Å². The summed E-state index contributed by atoms with van der Waals surface area (Å²) in [6, 6.07) is 3.66. The molecule has 0 spiro atoms. The topological polar surface area (TPSA) is 61.5 Å². The van der Waals surface area contributed by atoms with Crippen molar-refractivity contribution in [2.75, 3.05) is 31.2 Å². The highest BCUT2D eigenvalue weighted by atomic mass is 16.5. The van der Waals surface area contributed by atoms with Crippen LogP contribution < -0.4 is 10.4 Å². The lowest BCUT2D eigenvalue weighted by Crippen LogP contribution is -2.38. The Morgan fingerprint density at radius 3 is 2.39 bits per heavy atom. The van der Waals surface area contributed by atoms with E-state index in [-0.39, 0.29) is 10.9 Å². The Bertz CT molecular complexity index is 482. The van der Waals surface area contributed by atoms with E-state index in [0.717, 1.165) is 29.2 Å². The Kier molecular flexibility index (Phi) is 3.34. The van der Waals surface area contributed by atoms with Crippen LogP contribution in [0.4, 0.5) is 5.69 Å². The molecule has 1 aromatic heterocycles. The van der Waals surface area contributed by atoms with Crippen LogP contribution in [0.15, 0.2) is 12.1 Å². The van der Waals surface area contributed by atoms with Crippen molar-refractivity contribution in [1.82, 2.24) is 4.73 Å². The molecule has 0 saturated carbocycles. The second-order valence-electron chi connectivity index (χ2n) is 5.65. The van der Waals surface area contributed by atoms with E-state index < -0.39 is 0 Å². The van der Waals surface area contributed by atoms with Gasteiger partial charge in [-0.15, -0.1) is 0 Å². The number of pyridine rings is 1. The zero-order valence-corrected chi connectivity index (χ0v) is 11.2. The summed E-state index contributed by atoms with van der Waals surface area (Å²) in [5.74, 6) is 0. The maximum absolute atomic E-state index is 9.94. The summed E-state index contributed by atoms with van der Waals surface area (Å²) in [5.41, 5.74) is 1.64. The lowest BCUT2D eigenvalue weighted by molar-refractivity contribution is 0.122. The van der Waals surface area contributed by atoms with Crippen molar-refractivity contribution in [2.24, 2.45) is 0 Å². The SMILES string of the molecule is CC(C)(C)c1cc(N2CCOCC2)cc(=N)n1O. The number of anilines is 1. The highest BCUT2D eigenvalue weighted by molar-refractivity contribution is 5.47. The van der Waals surface area contributed by atoms with Gasteiger partial charge < -0.3 is 14.8 Å². The second kappa shape index (κ2) is 4.65. The smallest absolute Gasteiger partial charge is 0.162 e. The second-order valence-corrected chi connectivity index (χ2v) is 5.65. The van der Waals surface area contributed by atoms with Crippen molar-refractivity contribution in [1.29, 1.82) is 5.41 Å². The van der Waals surface area contributed by atoms with Crippen LogP contribution in [0.1, 0.15) is 26.5 Å². The van der Waals surface area contributed by atoms with E-state index in [1.54, 1.807) is 6.07 Å². The van der Waals surface area contributed by atoms with Crippen LogP contribution in [0.2, 0.25) is 0 Å². The summed E-state index contributed by atoms with van der Waals surface area (Å²) < 4.78 is 6.29. The molecule has 0 radical (unpaired) electrons. The van der Waals surface area contributed by atoms with Crippen molar-refractivity contribution in [3.63, 3.8) is 0 Å². The van der Waals surface area contributed by atoms with Gasteiger partial charge in [-0.3, -0.25) is 5.41 Å². The molecule has 0 aromatic carbocycles. The third-order valence-electron chi connectivity index (χ3n) is 3.17. The first kappa shape index (κ1) is 13.0. The first-order valence-corrected chi connectivity index (χ1v) is 6.24. The van der Waals surface area contributed by atoms with Crippen molar-refractivity contribution >= 4 is 5.69 Å². The minimum absolute atomic E-state index is 0.115. The Morgan fingerprint density at radius 2 is 1.83 bits per heavy atom. The molecule has 1 aliphatic rings. The fourth-order valence-corrected chi connectivity index (χ4v) is 2.11. The van der Waals surface area contributed by atoms with Gasteiger partial charge in [-0.2, -0.15) is 4.73 Å². The molecule has 100 valence electrons. The number of ether oxygens (including phenoxy) is 1. The maximum atomic E-state index is 9.94. The molecule has 0 unspecified atom stereocenters. The minimum atomic E-state index is -0.202. The molecule has 1 fully saturated rings. The summed E-state index contributed by atoms with van der Waals surface area (Å²) in [6.07, 6.45) is 0. The lowest BCUT2D eigenvalue weighted by Gasteiger charge is -2.30. The standard InChI is InChI=1S/C13H21N3O2/c1-13(2,3)11-8-10(9-12(14)16(11)17)15-4-6-18-7-5-15/h8-9,14,17H,4-7H2,1-3H3. The molecule has 2 rings (SSSR count). The van der Waals surface area contributed by atoms with E-state index >= 15 is 0 Å². The van der Waals surface area contributed by atoms with Crippen molar-refractivity contribution in [2.45, 2.75) is 26.2 Å². The van der Waals surface area contributed by atoms with Gasteiger partial charge in [0.2, 0.25) is 0 Å². The van der Waals surface area contributed by atoms with Crippen LogP contribution in [0.5, 0.6) is 0 Å². The molecule has 0 aliphatic carbocycles. The van der Waals surface area contributed by atoms with Gasteiger partial charge in [0.25, 0.3) is 0 Å². The normalized spacial score (nSPS) is 16.9. The van der Waals surface area contributed by atoms with E-state index in [1.807, 2.05) is 26.8 Å². The van der Waals surface area contributed by atoms with Gasteiger partial charge in [0.1, 0.15) is 0 Å². The zero-order chi connectivity index (χ0) is 13.3. The number of hydrogen-bond acceptors (Lipinski definition) is 4. The molecule has 1 aliphatic heterocycles. The van der Waals surface area contributed by atoms with Crippen molar-refractivity contribution < 1.29 is 9.94 Å². The minimum Gasteiger partial charge on any atom is -0.427 e. The van der Waals surface area contributed by atoms with Gasteiger partial charge in [-0.25, -0.2) is 0 Å². The van der Waals surface area contributed by atoms with Gasteiger partial charge >= 0.3 is 0 Å². The van der Waals surface area contributed by atoms with Crippen LogP contribution in [0.3, 0.4) is 0 Å². The highest BCUT2D eigenvalue weighted by Gasteiger charge is 2.21. The van der Waals surface area contributed by atoms with E-state index in [9.17, 15) is 5.21 Å². The Labute approximate surface area is 107 Å². The number of hydrogen-bond donors (Lipinski definition) is 2. The van der Waals surface area contributed by atoms with Crippen LogP contribution >= 0.6 is 0 Å². The van der Waals surface area contributed by atoms with E-state index in [1.165, 1.54) is 0 Å². The summed E-state index contributed by atoms with van der Waals surface area (Å²) in [5, 5.41) is 17.8. The molecule has 2 heterocycles. The monoisotopic (exact) mass is 251 g/mol. The molecule has 5 heteroatoms. The average Bonchev–Trinajstić information content (AvgIpc) is 2.32. The summed E-state index contributed by atoms with van der Waals surface area (Å²) in [7, 11) is 0. The fourth-order valence-electron chi connectivity index (χ4n) is 2.11. The van der Waals surface area contributed by atoms with E-state index in [2.05, 4.69) is 4.90 Å². The van der Waals surface area contributed by atoms with E-state index in [0.29, 0.717) is 13.2 Å². The molecule has 0 amide bonds. The van der Waals surface area contributed by atoms with Crippen LogP contribution in [-0.2, 0) is 10.2 Å². The Morgan fingerprint density at radius 1 is 1.22 bits per heavy atom. The molecule has 2 N–H and O–H groups in total. The number of aromatic nitrogens is 1. The lowest BCUT2D eigenvalue weighted by atomic mass is 9.91. The molecule has 18 heavy (non-hydrogen) atoms. The summed E-state index contributed by atoms with van der Waals surface area (Å²) in [6.45, 7) is 9.17. The number of nitrogens with zero attached hydrogens (tertiary/aromatic N) is 2. The first-order chi connectivity index (χ1) is 8.39. The molecular formula is C13H21N3O2. The fraction of sp³-hybridized carbons (Fsp3) is 0.615. The highest BCUT2D eigenvalue weighted by Crippen LogP contribution is 2.24. The predicted octanol–water partition coefficient (Wildman–Crippen LogP) is 1.34. The van der Waals surface area contributed by atoms with Crippen molar-refractivity contribution in [3.05, 3.63) is 23.3 Å². The number of rotatable bonds is 1. The van der Waals surface area contributed by atoms with Gasteiger partial charge in [0, 0.05) is 30.3 Å². The third kappa shape index (κ3) is 2.51. The maximum Gasteiger partial charge on any atom is 0.162 e. The molecule has 0 bridgehead atoms. The molecule has 1 aromatic rings. The third-order valence-corrected chi connectivity index (χ3v) is 3.17. The molecule has 1 saturated heterocycles. The van der Waals surface area contributed by atoms with Crippen LogP contribution in [-0.4, -0.2) is 36.2 Å². The van der Waals surface area contributed by atoms with Crippen LogP contribution in [0, 0.1) is 5.41 Å². The summed E-state index contributed by atoms with van der Waals surface area (Å²) >= 11 is 0. The molecule has 5 nitrogen and oxygen atoms in total.